The molecule has 4 nitrogen and oxygen atoms in total. The summed E-state index contributed by atoms with van der Waals surface area (Å²) in [6.07, 6.45) is 1.62. The molecule has 22 heavy (non-hydrogen) atoms. The largest absolute Gasteiger partial charge is 0.333 e. The second-order valence-corrected chi connectivity index (χ2v) is 6.45. The van der Waals surface area contributed by atoms with Crippen molar-refractivity contribution in [2.24, 2.45) is 0 Å². The van der Waals surface area contributed by atoms with Crippen LogP contribution >= 0.6 is 11.6 Å². The van der Waals surface area contributed by atoms with Crippen LogP contribution in [0, 0.1) is 0 Å². The molecule has 3 rings (SSSR count). The molecule has 2 aromatic heterocycles. The van der Waals surface area contributed by atoms with Crippen LogP contribution in [0.1, 0.15) is 26.3 Å². The Balaban J connectivity index is 1.93. The number of halogens is 1. The predicted octanol–water partition coefficient (Wildman–Crippen LogP) is 4.75. The third-order valence-electron chi connectivity index (χ3n) is 3.42. The molecule has 0 atom stereocenters. The molecule has 0 unspecified atom stereocenters. The fourth-order valence-corrected chi connectivity index (χ4v) is 2.32. The first kappa shape index (κ1) is 14.7. The van der Waals surface area contributed by atoms with Gasteiger partial charge in [0.1, 0.15) is 5.15 Å². The molecule has 0 saturated heterocycles. The third-order valence-corrected chi connectivity index (χ3v) is 3.73. The minimum atomic E-state index is 0.115. The zero-order chi connectivity index (χ0) is 15.7. The van der Waals surface area contributed by atoms with E-state index < -0.39 is 0 Å². The van der Waals surface area contributed by atoms with Crippen molar-refractivity contribution < 1.29 is 4.52 Å². The molecular formula is C17H16ClN3O. The fourth-order valence-electron chi connectivity index (χ4n) is 2.11. The van der Waals surface area contributed by atoms with E-state index in [0.29, 0.717) is 22.4 Å². The molecule has 0 aliphatic heterocycles. The number of benzene rings is 1. The van der Waals surface area contributed by atoms with Gasteiger partial charge in [0.25, 0.3) is 5.89 Å². The quantitative estimate of drug-likeness (QED) is 0.641. The molecule has 0 aliphatic carbocycles. The van der Waals surface area contributed by atoms with Crippen LogP contribution in [0.25, 0.3) is 22.8 Å². The topological polar surface area (TPSA) is 51.8 Å². The van der Waals surface area contributed by atoms with E-state index in [1.807, 2.05) is 12.1 Å². The number of hydrogen-bond donors (Lipinski definition) is 0. The van der Waals surface area contributed by atoms with Crippen LogP contribution < -0.4 is 0 Å². The molecule has 0 aliphatic rings. The lowest BCUT2D eigenvalue weighted by Crippen LogP contribution is -2.10. The first-order chi connectivity index (χ1) is 10.4. The summed E-state index contributed by atoms with van der Waals surface area (Å²) in [5.74, 6) is 0.906. The number of rotatable bonds is 2. The summed E-state index contributed by atoms with van der Waals surface area (Å²) in [5.41, 5.74) is 2.91. The molecule has 0 spiro atoms. The van der Waals surface area contributed by atoms with Crippen molar-refractivity contribution in [3.05, 3.63) is 53.3 Å². The van der Waals surface area contributed by atoms with Crippen molar-refractivity contribution in [3.63, 3.8) is 0 Å². The second-order valence-electron chi connectivity index (χ2n) is 6.09. The first-order valence-corrected chi connectivity index (χ1v) is 7.38. The summed E-state index contributed by atoms with van der Waals surface area (Å²) < 4.78 is 5.30. The molecule has 3 aromatic rings. The Labute approximate surface area is 134 Å². The summed E-state index contributed by atoms with van der Waals surface area (Å²) >= 11 is 6.05. The van der Waals surface area contributed by atoms with Crippen molar-refractivity contribution in [1.82, 2.24) is 15.1 Å². The van der Waals surface area contributed by atoms with Gasteiger partial charge in [0.2, 0.25) is 5.82 Å². The van der Waals surface area contributed by atoms with Gasteiger partial charge < -0.3 is 4.52 Å². The van der Waals surface area contributed by atoms with E-state index in [1.165, 1.54) is 5.56 Å². The second kappa shape index (κ2) is 5.54. The molecule has 0 N–H and O–H groups in total. The summed E-state index contributed by atoms with van der Waals surface area (Å²) in [7, 11) is 0. The predicted molar refractivity (Wildman–Crippen MR) is 86.7 cm³/mol. The minimum absolute atomic E-state index is 0.115. The number of nitrogens with zero attached hydrogens (tertiary/aromatic N) is 3. The van der Waals surface area contributed by atoms with Gasteiger partial charge >= 0.3 is 0 Å². The molecule has 5 heteroatoms. The molecule has 0 bridgehead atoms. The van der Waals surface area contributed by atoms with Crippen molar-refractivity contribution in [2.75, 3.05) is 0 Å². The molecule has 0 saturated carbocycles. The van der Waals surface area contributed by atoms with E-state index in [9.17, 15) is 0 Å². The van der Waals surface area contributed by atoms with Crippen molar-refractivity contribution in [1.29, 1.82) is 0 Å². The normalized spacial score (nSPS) is 11.6. The highest BCUT2D eigenvalue weighted by Gasteiger charge is 2.16. The van der Waals surface area contributed by atoms with Crippen LogP contribution in [-0.4, -0.2) is 15.1 Å². The summed E-state index contributed by atoms with van der Waals surface area (Å²) in [6, 6.07) is 11.8. The van der Waals surface area contributed by atoms with Gasteiger partial charge in [-0.2, -0.15) is 4.98 Å². The van der Waals surface area contributed by atoms with Gasteiger partial charge in [-0.05, 0) is 23.1 Å². The van der Waals surface area contributed by atoms with Gasteiger partial charge in [0.15, 0.2) is 0 Å². The Morgan fingerprint density at radius 3 is 2.41 bits per heavy atom. The molecule has 0 amide bonds. The van der Waals surface area contributed by atoms with Crippen LogP contribution in [0.5, 0.6) is 0 Å². The molecular weight excluding hydrogens is 298 g/mol. The van der Waals surface area contributed by atoms with Gasteiger partial charge in [0, 0.05) is 11.8 Å². The molecule has 0 fully saturated rings. The molecule has 1 aromatic carbocycles. The van der Waals surface area contributed by atoms with Gasteiger partial charge in [0.05, 0.1) is 5.56 Å². The van der Waals surface area contributed by atoms with E-state index in [0.717, 1.165) is 5.56 Å². The highest BCUT2D eigenvalue weighted by atomic mass is 35.5. The lowest BCUT2D eigenvalue weighted by molar-refractivity contribution is 0.432. The maximum absolute atomic E-state index is 6.05. The Kier molecular flexibility index (Phi) is 3.71. The van der Waals surface area contributed by atoms with Crippen LogP contribution in [0.2, 0.25) is 5.15 Å². The monoisotopic (exact) mass is 313 g/mol. The molecule has 2 heterocycles. The minimum Gasteiger partial charge on any atom is -0.333 e. The maximum Gasteiger partial charge on any atom is 0.261 e. The average molecular weight is 314 g/mol. The SMILES string of the molecule is CC(C)(C)c1ccc(-c2noc(-c3cccnc3Cl)n2)cc1. The van der Waals surface area contributed by atoms with Gasteiger partial charge in [-0.1, -0.05) is 61.8 Å². The Hall–Kier alpha value is -2.20. The summed E-state index contributed by atoms with van der Waals surface area (Å²) in [6.45, 7) is 6.54. The van der Waals surface area contributed by atoms with E-state index in [4.69, 9.17) is 16.1 Å². The standard InChI is InChI=1S/C17H16ClN3O/c1-17(2,3)12-8-6-11(7-9-12)15-20-16(22-21-15)13-5-4-10-19-14(13)18/h4-10H,1-3H3. The zero-order valence-corrected chi connectivity index (χ0v) is 13.4. The number of hydrogen-bond acceptors (Lipinski definition) is 4. The van der Waals surface area contributed by atoms with Crippen LogP contribution in [0.4, 0.5) is 0 Å². The zero-order valence-electron chi connectivity index (χ0n) is 12.7. The maximum atomic E-state index is 6.05. The van der Waals surface area contributed by atoms with Crippen LogP contribution in [0.3, 0.4) is 0 Å². The van der Waals surface area contributed by atoms with Gasteiger partial charge in [-0.3, -0.25) is 0 Å². The van der Waals surface area contributed by atoms with Crippen molar-refractivity contribution in [3.8, 4) is 22.8 Å². The van der Waals surface area contributed by atoms with Crippen LogP contribution in [-0.2, 0) is 5.41 Å². The van der Waals surface area contributed by atoms with Gasteiger partial charge in [-0.25, -0.2) is 4.98 Å². The molecule has 0 radical (unpaired) electrons. The van der Waals surface area contributed by atoms with Crippen molar-refractivity contribution >= 4 is 11.6 Å². The van der Waals surface area contributed by atoms with Crippen molar-refractivity contribution in [2.45, 2.75) is 26.2 Å². The smallest absolute Gasteiger partial charge is 0.261 e. The Morgan fingerprint density at radius 2 is 1.77 bits per heavy atom. The summed E-state index contributed by atoms with van der Waals surface area (Å²) in [4.78, 5) is 8.41. The number of pyridine rings is 1. The van der Waals surface area contributed by atoms with E-state index in [1.54, 1.807) is 18.3 Å². The highest BCUT2D eigenvalue weighted by Crippen LogP contribution is 2.28. The Bertz CT molecular complexity index is 788. The molecule has 112 valence electrons. The van der Waals surface area contributed by atoms with Gasteiger partial charge in [-0.15, -0.1) is 0 Å². The summed E-state index contributed by atoms with van der Waals surface area (Å²) in [5, 5.41) is 4.37. The van der Waals surface area contributed by atoms with Crippen LogP contribution in [0.15, 0.2) is 47.1 Å². The Morgan fingerprint density at radius 1 is 1.05 bits per heavy atom. The van der Waals surface area contributed by atoms with E-state index in [2.05, 4.69) is 48.0 Å². The lowest BCUT2D eigenvalue weighted by Gasteiger charge is -2.18. The average Bonchev–Trinajstić information content (AvgIpc) is 2.96. The highest BCUT2D eigenvalue weighted by molar-refractivity contribution is 6.31. The van der Waals surface area contributed by atoms with E-state index >= 15 is 0 Å². The fraction of sp³-hybridized carbons (Fsp3) is 0.235. The third kappa shape index (κ3) is 2.88. The first-order valence-electron chi connectivity index (χ1n) is 7.01. The number of aromatic nitrogens is 3. The lowest BCUT2D eigenvalue weighted by atomic mass is 9.87. The van der Waals surface area contributed by atoms with E-state index in [-0.39, 0.29) is 5.41 Å².